The molecule has 2 unspecified atom stereocenters. The van der Waals surface area contributed by atoms with E-state index in [1.54, 1.807) is 0 Å². The fraction of sp³-hybridized carbons (Fsp3) is 0.812. The Morgan fingerprint density at radius 1 is 1.40 bits per heavy atom. The second-order valence-corrected chi connectivity index (χ2v) is 6.43. The summed E-state index contributed by atoms with van der Waals surface area (Å²) in [5.74, 6) is 0. The molecule has 0 bridgehead atoms. The lowest BCUT2D eigenvalue weighted by molar-refractivity contribution is -0.150. The van der Waals surface area contributed by atoms with Crippen molar-refractivity contribution in [1.29, 1.82) is 0 Å². The molecule has 4 heteroatoms. The summed E-state index contributed by atoms with van der Waals surface area (Å²) < 4.78 is 6.00. The monoisotopic (exact) mass is 277 g/mol. The summed E-state index contributed by atoms with van der Waals surface area (Å²) in [5.41, 5.74) is 2.87. The van der Waals surface area contributed by atoms with Gasteiger partial charge in [0.2, 0.25) is 0 Å². The van der Waals surface area contributed by atoms with Gasteiger partial charge in [0.15, 0.2) is 0 Å². The summed E-state index contributed by atoms with van der Waals surface area (Å²) in [6.07, 6.45) is 10.4. The molecule has 1 heterocycles. The number of nitrogens with zero attached hydrogens (tertiary/aromatic N) is 1. The second kappa shape index (κ2) is 5.86. The normalized spacial score (nSPS) is 28.5. The number of aryl methyl sites for hydroxylation is 1. The van der Waals surface area contributed by atoms with E-state index in [9.17, 15) is 0 Å². The summed E-state index contributed by atoms with van der Waals surface area (Å²) in [4.78, 5) is 0. The minimum absolute atomic E-state index is 0.409. The van der Waals surface area contributed by atoms with Gasteiger partial charge in [-0.1, -0.05) is 19.3 Å². The first-order chi connectivity index (χ1) is 9.76. The van der Waals surface area contributed by atoms with Crippen LogP contribution in [0.5, 0.6) is 0 Å². The van der Waals surface area contributed by atoms with Gasteiger partial charge in [0.05, 0.1) is 12.3 Å². The minimum Gasteiger partial charge on any atom is -0.378 e. The van der Waals surface area contributed by atoms with Crippen molar-refractivity contribution < 1.29 is 4.74 Å². The van der Waals surface area contributed by atoms with Crippen LogP contribution in [-0.2, 0) is 11.3 Å². The van der Waals surface area contributed by atoms with Crippen LogP contribution in [0, 0.1) is 12.3 Å². The van der Waals surface area contributed by atoms with Crippen LogP contribution in [0.1, 0.15) is 56.7 Å². The van der Waals surface area contributed by atoms with Crippen LogP contribution in [-0.4, -0.2) is 29.0 Å². The smallest absolute Gasteiger partial charge is 0.0661 e. The molecule has 2 N–H and O–H groups in total. The van der Waals surface area contributed by atoms with Crippen molar-refractivity contribution in [2.24, 2.45) is 5.41 Å². The Kier molecular flexibility index (Phi) is 4.13. The largest absolute Gasteiger partial charge is 0.378 e. The first-order valence-electron chi connectivity index (χ1n) is 8.10. The van der Waals surface area contributed by atoms with Crippen molar-refractivity contribution in [3.05, 3.63) is 17.5 Å². The molecule has 4 nitrogen and oxygen atoms in total. The van der Waals surface area contributed by atoms with Crippen LogP contribution in [0.3, 0.4) is 0 Å². The van der Waals surface area contributed by atoms with Gasteiger partial charge >= 0.3 is 0 Å². The maximum Gasteiger partial charge on any atom is 0.0661 e. The van der Waals surface area contributed by atoms with Crippen molar-refractivity contribution in [3.63, 3.8) is 0 Å². The van der Waals surface area contributed by atoms with Gasteiger partial charge in [0.1, 0.15) is 0 Å². The Bertz CT molecular complexity index is 437. The minimum atomic E-state index is 0.409. The van der Waals surface area contributed by atoms with Crippen LogP contribution < -0.4 is 5.32 Å². The Morgan fingerprint density at radius 2 is 2.20 bits per heavy atom. The lowest BCUT2D eigenvalue weighted by Crippen LogP contribution is -2.64. The molecule has 20 heavy (non-hydrogen) atoms. The lowest BCUT2D eigenvalue weighted by Gasteiger charge is -2.58. The molecule has 1 spiro atoms. The summed E-state index contributed by atoms with van der Waals surface area (Å²) in [6, 6.07) is 0.619. The molecule has 0 aromatic carbocycles. The molecule has 2 aliphatic rings. The maximum atomic E-state index is 6.00. The Hall–Kier alpha value is -0.870. The van der Waals surface area contributed by atoms with E-state index in [-0.39, 0.29) is 0 Å². The molecule has 2 fully saturated rings. The fourth-order valence-electron chi connectivity index (χ4n) is 4.14. The Labute approximate surface area is 121 Å². The average Bonchev–Trinajstić information content (AvgIpc) is 2.88. The maximum absolute atomic E-state index is 6.00. The van der Waals surface area contributed by atoms with Gasteiger partial charge in [-0.2, -0.15) is 5.10 Å². The summed E-state index contributed by atoms with van der Waals surface area (Å²) >= 11 is 0. The SMILES string of the molecule is CCOC1CC(NCc2cn[nH]c2C)C12CCCCC2. The molecule has 2 aliphatic carbocycles. The van der Waals surface area contributed by atoms with Crippen LogP contribution >= 0.6 is 0 Å². The van der Waals surface area contributed by atoms with Gasteiger partial charge in [0.25, 0.3) is 0 Å². The zero-order valence-corrected chi connectivity index (χ0v) is 12.7. The van der Waals surface area contributed by atoms with Crippen LogP contribution in [0.25, 0.3) is 0 Å². The first-order valence-corrected chi connectivity index (χ1v) is 8.10. The zero-order valence-electron chi connectivity index (χ0n) is 12.7. The van der Waals surface area contributed by atoms with Crippen molar-refractivity contribution in [1.82, 2.24) is 15.5 Å². The number of H-pyrrole nitrogens is 1. The molecule has 0 saturated heterocycles. The van der Waals surface area contributed by atoms with Gasteiger partial charge < -0.3 is 10.1 Å². The average molecular weight is 277 g/mol. The van der Waals surface area contributed by atoms with Gasteiger partial charge in [-0.15, -0.1) is 0 Å². The van der Waals surface area contributed by atoms with Crippen LogP contribution in [0.4, 0.5) is 0 Å². The van der Waals surface area contributed by atoms with E-state index in [4.69, 9.17) is 4.74 Å². The number of rotatable bonds is 5. The predicted molar refractivity (Wildman–Crippen MR) is 79.5 cm³/mol. The zero-order chi connectivity index (χ0) is 14.0. The number of hydrogen-bond donors (Lipinski definition) is 2. The highest BCUT2D eigenvalue weighted by molar-refractivity contribution is 5.16. The second-order valence-electron chi connectivity index (χ2n) is 6.43. The molecular weight excluding hydrogens is 250 g/mol. The van der Waals surface area contributed by atoms with E-state index < -0.39 is 0 Å². The van der Waals surface area contributed by atoms with Crippen molar-refractivity contribution in [2.75, 3.05) is 6.61 Å². The number of ether oxygens (including phenoxy) is 1. The van der Waals surface area contributed by atoms with Gasteiger partial charge in [-0.05, 0) is 33.1 Å². The third kappa shape index (κ3) is 2.40. The van der Waals surface area contributed by atoms with E-state index in [1.807, 2.05) is 6.20 Å². The number of aromatic amines is 1. The summed E-state index contributed by atoms with van der Waals surface area (Å²) in [6.45, 7) is 5.98. The molecule has 1 aromatic rings. The Balaban J connectivity index is 1.62. The number of hydrogen-bond acceptors (Lipinski definition) is 3. The topological polar surface area (TPSA) is 49.9 Å². The third-order valence-electron chi connectivity index (χ3n) is 5.41. The van der Waals surface area contributed by atoms with Crippen molar-refractivity contribution in [3.8, 4) is 0 Å². The van der Waals surface area contributed by atoms with E-state index in [0.29, 0.717) is 17.6 Å². The molecule has 3 rings (SSSR count). The highest BCUT2D eigenvalue weighted by Gasteiger charge is 2.55. The molecular formula is C16H27N3O. The quantitative estimate of drug-likeness (QED) is 0.870. The predicted octanol–water partition coefficient (Wildman–Crippen LogP) is 2.94. The van der Waals surface area contributed by atoms with Crippen LogP contribution in [0.2, 0.25) is 0 Å². The third-order valence-corrected chi connectivity index (χ3v) is 5.41. The number of aromatic nitrogens is 2. The van der Waals surface area contributed by atoms with E-state index in [0.717, 1.165) is 13.2 Å². The molecule has 112 valence electrons. The van der Waals surface area contributed by atoms with E-state index in [1.165, 1.54) is 49.8 Å². The van der Waals surface area contributed by atoms with E-state index >= 15 is 0 Å². The molecule has 2 atom stereocenters. The molecule has 2 saturated carbocycles. The van der Waals surface area contributed by atoms with E-state index in [2.05, 4.69) is 29.4 Å². The van der Waals surface area contributed by atoms with Gasteiger partial charge in [-0.25, -0.2) is 0 Å². The Morgan fingerprint density at radius 3 is 2.85 bits per heavy atom. The van der Waals surface area contributed by atoms with Crippen molar-refractivity contribution in [2.45, 2.75) is 71.1 Å². The highest BCUT2D eigenvalue weighted by atomic mass is 16.5. The van der Waals surface area contributed by atoms with Gasteiger partial charge in [0, 0.05) is 35.9 Å². The molecule has 0 amide bonds. The molecule has 0 aliphatic heterocycles. The molecule has 0 radical (unpaired) electrons. The van der Waals surface area contributed by atoms with Crippen molar-refractivity contribution >= 4 is 0 Å². The lowest BCUT2D eigenvalue weighted by atomic mass is 9.55. The highest BCUT2D eigenvalue weighted by Crippen LogP contribution is 2.53. The summed E-state index contributed by atoms with van der Waals surface area (Å²) in [7, 11) is 0. The standard InChI is InChI=1S/C16H27N3O/c1-3-20-15-9-14(16(15)7-5-4-6-8-16)17-10-13-11-18-19-12(13)2/h11,14-15,17H,3-10H2,1-2H3,(H,18,19). The first kappa shape index (κ1) is 14.1. The van der Waals surface area contributed by atoms with Gasteiger partial charge in [-0.3, -0.25) is 5.10 Å². The fourth-order valence-corrected chi connectivity index (χ4v) is 4.14. The summed E-state index contributed by atoms with van der Waals surface area (Å²) in [5, 5.41) is 10.9. The molecule has 1 aromatic heterocycles. The number of nitrogens with one attached hydrogen (secondary N) is 2. The van der Waals surface area contributed by atoms with Crippen LogP contribution in [0.15, 0.2) is 6.20 Å².